The number of nitrogens with zero attached hydrogens (tertiary/aromatic N) is 2. The summed E-state index contributed by atoms with van der Waals surface area (Å²) >= 11 is 0. The van der Waals surface area contributed by atoms with Gasteiger partial charge in [-0.3, -0.25) is 24.3 Å². The number of amides is 2. The van der Waals surface area contributed by atoms with Gasteiger partial charge in [0.25, 0.3) is 28.9 Å². The van der Waals surface area contributed by atoms with Crippen LogP contribution in [-0.2, 0) is 15.3 Å². The first kappa shape index (κ1) is 17.0. The average Bonchev–Trinajstić information content (AvgIpc) is 2.51. The SMILES string of the molecule is Cc1nc2cccc(N)c2c(=O)n1C1(O)C(=O)NC(=O)C(O)C1(O)O. The van der Waals surface area contributed by atoms with Crippen LogP contribution in [0.1, 0.15) is 5.82 Å². The third-order valence-electron chi connectivity index (χ3n) is 4.12. The zero-order valence-electron chi connectivity index (χ0n) is 12.8. The third kappa shape index (κ3) is 2.01. The lowest BCUT2D eigenvalue weighted by molar-refractivity contribution is -0.332. The van der Waals surface area contributed by atoms with Crippen LogP contribution in [0.2, 0.25) is 0 Å². The minimum atomic E-state index is -3.69. The van der Waals surface area contributed by atoms with E-state index in [-0.39, 0.29) is 27.0 Å². The Hall–Kier alpha value is -2.86. The van der Waals surface area contributed by atoms with Crippen LogP contribution >= 0.6 is 0 Å². The number of imide groups is 1. The molecule has 1 aliphatic heterocycles. The fraction of sp³-hybridized carbons (Fsp3) is 0.286. The molecule has 11 heteroatoms. The van der Waals surface area contributed by atoms with Crippen molar-refractivity contribution in [3.63, 3.8) is 0 Å². The molecule has 2 aromatic rings. The highest BCUT2D eigenvalue weighted by molar-refractivity contribution is 6.04. The summed E-state index contributed by atoms with van der Waals surface area (Å²) in [6.45, 7) is 1.22. The molecular formula is C14H14N4O7. The molecule has 7 N–H and O–H groups in total. The third-order valence-corrected chi connectivity index (χ3v) is 4.12. The van der Waals surface area contributed by atoms with Crippen molar-refractivity contribution in [3.8, 4) is 0 Å². The van der Waals surface area contributed by atoms with Gasteiger partial charge in [-0.2, -0.15) is 0 Å². The van der Waals surface area contributed by atoms with Crippen LogP contribution in [0.15, 0.2) is 23.0 Å². The first-order valence-corrected chi connectivity index (χ1v) is 7.02. The van der Waals surface area contributed by atoms with Gasteiger partial charge in [0.05, 0.1) is 10.9 Å². The fourth-order valence-electron chi connectivity index (χ4n) is 2.82. The summed E-state index contributed by atoms with van der Waals surface area (Å²) in [4.78, 5) is 40.4. The molecule has 0 spiro atoms. The van der Waals surface area contributed by atoms with E-state index in [1.54, 1.807) is 5.32 Å². The van der Waals surface area contributed by atoms with Gasteiger partial charge in [0.2, 0.25) is 0 Å². The van der Waals surface area contributed by atoms with Crippen molar-refractivity contribution in [3.05, 3.63) is 34.4 Å². The number of aromatic nitrogens is 2. The Bertz CT molecular complexity index is 983. The van der Waals surface area contributed by atoms with E-state index < -0.39 is 35.0 Å². The molecule has 2 heterocycles. The van der Waals surface area contributed by atoms with Crippen molar-refractivity contribution in [1.29, 1.82) is 0 Å². The van der Waals surface area contributed by atoms with Gasteiger partial charge < -0.3 is 26.2 Å². The van der Waals surface area contributed by atoms with E-state index in [2.05, 4.69) is 4.98 Å². The van der Waals surface area contributed by atoms with E-state index in [9.17, 15) is 34.8 Å². The van der Waals surface area contributed by atoms with Crippen molar-refractivity contribution >= 4 is 28.4 Å². The van der Waals surface area contributed by atoms with Crippen molar-refractivity contribution in [2.45, 2.75) is 24.5 Å². The van der Waals surface area contributed by atoms with Crippen molar-refractivity contribution in [2.24, 2.45) is 0 Å². The molecule has 2 amide bonds. The van der Waals surface area contributed by atoms with Crippen LogP contribution in [-0.4, -0.2) is 53.7 Å². The Morgan fingerprint density at radius 3 is 2.52 bits per heavy atom. The van der Waals surface area contributed by atoms with Crippen molar-refractivity contribution in [2.75, 3.05) is 5.73 Å². The molecule has 0 bridgehead atoms. The lowest BCUT2D eigenvalue weighted by atomic mass is 9.90. The predicted octanol–water partition coefficient (Wildman–Crippen LogP) is -3.37. The minimum Gasteiger partial charge on any atom is -0.398 e. The molecule has 1 saturated heterocycles. The van der Waals surface area contributed by atoms with Crippen LogP contribution < -0.4 is 16.6 Å². The number of piperidine rings is 1. The number of nitrogen functional groups attached to an aromatic ring is 1. The lowest BCUT2D eigenvalue weighted by Crippen LogP contribution is -2.77. The number of aliphatic hydroxyl groups is 4. The summed E-state index contributed by atoms with van der Waals surface area (Å²) in [6.07, 6.45) is -2.61. The molecule has 2 atom stereocenters. The van der Waals surface area contributed by atoms with E-state index in [1.165, 1.54) is 25.1 Å². The smallest absolute Gasteiger partial charge is 0.286 e. The molecule has 132 valence electrons. The van der Waals surface area contributed by atoms with Gasteiger partial charge in [-0.25, -0.2) is 4.98 Å². The second kappa shape index (κ2) is 5.07. The van der Waals surface area contributed by atoms with E-state index in [1.807, 2.05) is 0 Å². The van der Waals surface area contributed by atoms with Crippen LogP contribution in [0, 0.1) is 6.92 Å². The molecule has 1 aliphatic rings. The Morgan fingerprint density at radius 1 is 1.24 bits per heavy atom. The summed E-state index contributed by atoms with van der Waals surface area (Å²) < 4.78 is 0.274. The number of nitrogens with one attached hydrogen (secondary N) is 1. The highest BCUT2D eigenvalue weighted by atomic mass is 16.6. The number of nitrogens with two attached hydrogens (primary N) is 1. The zero-order chi connectivity index (χ0) is 18.7. The average molecular weight is 350 g/mol. The maximum absolute atomic E-state index is 12.8. The Kier molecular flexibility index (Phi) is 3.44. The molecule has 0 aliphatic carbocycles. The number of benzene rings is 1. The molecule has 3 rings (SSSR count). The van der Waals surface area contributed by atoms with Gasteiger partial charge in [-0.15, -0.1) is 0 Å². The number of fused-ring (bicyclic) bond motifs is 1. The van der Waals surface area contributed by atoms with E-state index in [0.717, 1.165) is 0 Å². The van der Waals surface area contributed by atoms with Gasteiger partial charge in [0.1, 0.15) is 5.82 Å². The summed E-state index contributed by atoms with van der Waals surface area (Å²) in [7, 11) is 0. The molecular weight excluding hydrogens is 336 g/mol. The van der Waals surface area contributed by atoms with Gasteiger partial charge >= 0.3 is 0 Å². The summed E-state index contributed by atoms with van der Waals surface area (Å²) in [5.74, 6) is -7.04. The summed E-state index contributed by atoms with van der Waals surface area (Å²) in [6, 6.07) is 4.36. The zero-order valence-corrected chi connectivity index (χ0v) is 12.8. The van der Waals surface area contributed by atoms with E-state index >= 15 is 0 Å². The number of aliphatic hydroxyl groups excluding tert-OH is 1. The second-order valence-electron chi connectivity index (χ2n) is 5.66. The van der Waals surface area contributed by atoms with Gasteiger partial charge in [-0.05, 0) is 19.1 Å². The van der Waals surface area contributed by atoms with Crippen LogP contribution in [0.3, 0.4) is 0 Å². The number of anilines is 1. The lowest BCUT2D eigenvalue weighted by Gasteiger charge is -2.44. The van der Waals surface area contributed by atoms with Gasteiger partial charge in [-0.1, -0.05) is 6.07 Å². The normalized spacial score (nSPS) is 25.9. The van der Waals surface area contributed by atoms with Gasteiger partial charge in [0, 0.05) is 5.69 Å². The summed E-state index contributed by atoms with van der Waals surface area (Å²) in [5.41, 5.74) is 1.37. The largest absolute Gasteiger partial charge is 0.398 e. The minimum absolute atomic E-state index is 0.0262. The molecule has 0 radical (unpaired) electrons. The molecule has 11 nitrogen and oxygen atoms in total. The number of hydrogen-bond acceptors (Lipinski definition) is 9. The highest BCUT2D eigenvalue weighted by Gasteiger charge is 2.67. The monoisotopic (exact) mass is 350 g/mol. The van der Waals surface area contributed by atoms with Gasteiger partial charge in [0.15, 0.2) is 6.10 Å². The number of carbonyl (C=O) groups is 2. The van der Waals surface area contributed by atoms with E-state index in [0.29, 0.717) is 0 Å². The topological polar surface area (TPSA) is 188 Å². The predicted molar refractivity (Wildman–Crippen MR) is 81.7 cm³/mol. The Labute approximate surface area is 138 Å². The second-order valence-corrected chi connectivity index (χ2v) is 5.66. The van der Waals surface area contributed by atoms with E-state index in [4.69, 9.17) is 5.73 Å². The number of aryl methyl sites for hydroxylation is 1. The molecule has 2 unspecified atom stereocenters. The number of hydrogen-bond donors (Lipinski definition) is 6. The molecule has 1 aromatic carbocycles. The number of carbonyl (C=O) groups excluding carboxylic acids is 2. The molecule has 25 heavy (non-hydrogen) atoms. The van der Waals surface area contributed by atoms with Crippen molar-refractivity contribution < 1.29 is 30.0 Å². The fourth-order valence-corrected chi connectivity index (χ4v) is 2.82. The Morgan fingerprint density at radius 2 is 1.88 bits per heavy atom. The van der Waals surface area contributed by atoms with Crippen molar-refractivity contribution in [1.82, 2.24) is 14.9 Å². The summed E-state index contributed by atoms with van der Waals surface area (Å²) in [5, 5.41) is 42.0. The van der Waals surface area contributed by atoms with Crippen LogP contribution in [0.5, 0.6) is 0 Å². The maximum Gasteiger partial charge on any atom is 0.286 e. The molecule has 1 aromatic heterocycles. The number of rotatable bonds is 1. The maximum atomic E-state index is 12.8. The van der Waals surface area contributed by atoms with Crippen LogP contribution in [0.4, 0.5) is 5.69 Å². The first-order valence-electron chi connectivity index (χ1n) is 7.02. The molecule has 1 fully saturated rings. The highest BCUT2D eigenvalue weighted by Crippen LogP contribution is 2.33. The Balaban J connectivity index is 2.42. The quantitative estimate of drug-likeness (QED) is 0.173. The standard InChI is InChI=1S/C14H14N4O7/c1-5-16-7-4-2-3-6(15)8(7)11(21)18(5)13(23)12(22)17-10(20)9(19)14(13,24)25/h2-4,9,19,23-25H,15H2,1H3,(H,17,20,22). The van der Waals surface area contributed by atoms with Crippen LogP contribution in [0.25, 0.3) is 10.9 Å². The first-order chi connectivity index (χ1) is 11.5. The molecule has 0 saturated carbocycles.